The Labute approximate surface area is 419 Å². The Morgan fingerprint density at radius 2 is 0.904 bits per heavy atom. The molecule has 376 valence electrons. The second-order valence-electron chi connectivity index (χ2n) is 16.3. The number of aryl methyl sites for hydroxylation is 1. The molecule has 3 aromatic rings. The first-order valence-corrected chi connectivity index (χ1v) is 22.5. The molecule has 24 nitrogen and oxygen atoms in total. The lowest BCUT2D eigenvalue weighted by molar-refractivity contribution is -0.137. The summed E-state index contributed by atoms with van der Waals surface area (Å²) >= 11 is 3.24. The van der Waals surface area contributed by atoms with E-state index in [1.807, 2.05) is 0 Å². The van der Waals surface area contributed by atoms with E-state index in [0.717, 1.165) is 26.9 Å². The van der Waals surface area contributed by atoms with E-state index in [1.54, 1.807) is 24.3 Å². The zero-order chi connectivity index (χ0) is 53.6. The maximum absolute atomic E-state index is 12.5. The molecular weight excluding hydrogens is 1030 g/mol. The molecule has 6 N–H and O–H groups in total. The molecule has 6 aliphatic heterocycles. The van der Waals surface area contributed by atoms with Crippen molar-refractivity contribution < 1.29 is 87.2 Å². The number of aliphatic carboxylic acids is 3. The van der Waals surface area contributed by atoms with Gasteiger partial charge in [-0.25, -0.2) is 9.59 Å². The molecule has 3 aromatic carbocycles. The molecule has 0 spiro atoms. The van der Waals surface area contributed by atoms with Gasteiger partial charge in [0.15, 0.2) is 0 Å². The first-order chi connectivity index (χ1) is 34.5. The summed E-state index contributed by atoms with van der Waals surface area (Å²) in [7, 11) is 0. The second kappa shape index (κ2) is 22.3. The van der Waals surface area contributed by atoms with E-state index < -0.39 is 101 Å². The number of halogens is 1. The van der Waals surface area contributed by atoms with Crippen molar-refractivity contribution in [3.05, 3.63) is 122 Å². The predicted octanol–water partition coefficient (Wildman–Crippen LogP) is 1.40. The molecule has 3 unspecified atom stereocenters. The summed E-state index contributed by atoms with van der Waals surface area (Å²) in [6.45, 7) is 2.96. The largest absolute Gasteiger partial charge is 0.481 e. The topological polar surface area (TPSA) is 363 Å². The Balaban J connectivity index is 0.000000171. The van der Waals surface area contributed by atoms with Gasteiger partial charge in [-0.15, -0.1) is 0 Å². The molecule has 0 bridgehead atoms. The second-order valence-corrected chi connectivity index (χ2v) is 17.2. The zero-order valence-corrected chi connectivity index (χ0v) is 39.3. The van der Waals surface area contributed by atoms with Crippen molar-refractivity contribution in [1.29, 1.82) is 0 Å². The van der Waals surface area contributed by atoms with Gasteiger partial charge in [0, 0.05) is 42.3 Å². The molecule has 3 saturated heterocycles. The quantitative estimate of drug-likeness (QED) is 0.130. The van der Waals surface area contributed by atoms with Gasteiger partial charge < -0.3 is 15.3 Å². The van der Waals surface area contributed by atoms with E-state index in [-0.39, 0.29) is 90.7 Å². The molecule has 0 aromatic heterocycles. The van der Waals surface area contributed by atoms with Crippen LogP contribution in [0.5, 0.6) is 0 Å². The average Bonchev–Trinajstić information content (AvgIpc) is 3.84. The Bertz CT molecular complexity index is 3050. The lowest BCUT2D eigenvalue weighted by atomic mass is 10.0. The Hall–Kier alpha value is -9.13. The van der Waals surface area contributed by atoms with Crippen molar-refractivity contribution in [2.45, 2.75) is 69.5 Å². The summed E-state index contributed by atoms with van der Waals surface area (Å²) in [5, 5.41) is 31.4. The Kier molecular flexibility index (Phi) is 16.3. The highest BCUT2D eigenvalue weighted by Gasteiger charge is 2.47. The van der Waals surface area contributed by atoms with Crippen LogP contribution in [0.3, 0.4) is 0 Å². The number of amides is 12. The normalized spacial score (nSPS) is 19.8. The van der Waals surface area contributed by atoms with Gasteiger partial charge >= 0.3 is 17.9 Å². The lowest BCUT2D eigenvalue weighted by Crippen LogP contribution is -2.54. The van der Waals surface area contributed by atoms with Crippen LogP contribution < -0.4 is 16.0 Å². The fourth-order valence-electron chi connectivity index (χ4n) is 8.13. The van der Waals surface area contributed by atoms with Crippen LogP contribution in [-0.2, 0) is 49.6 Å². The summed E-state index contributed by atoms with van der Waals surface area (Å²) in [6, 6.07) is 10.7. The highest BCUT2D eigenvalue weighted by atomic mass is 79.9. The van der Waals surface area contributed by atoms with Crippen molar-refractivity contribution in [1.82, 2.24) is 30.7 Å². The van der Waals surface area contributed by atoms with Gasteiger partial charge in [0.2, 0.25) is 35.4 Å². The number of hydrogen-bond acceptors (Lipinski definition) is 15. The third-order valence-corrected chi connectivity index (χ3v) is 12.1. The van der Waals surface area contributed by atoms with Crippen LogP contribution in [0.15, 0.2) is 77.8 Å². The number of nitrogens with zero attached hydrogens (tertiary/aromatic N) is 3. The molecule has 12 amide bonds. The zero-order valence-electron chi connectivity index (χ0n) is 37.7. The third-order valence-electron chi connectivity index (χ3n) is 11.6. The molecule has 9 rings (SSSR count). The first kappa shape index (κ1) is 53.2. The molecule has 0 aliphatic carbocycles. The van der Waals surface area contributed by atoms with E-state index in [4.69, 9.17) is 15.3 Å². The van der Waals surface area contributed by atoms with E-state index in [0.29, 0.717) is 15.6 Å². The van der Waals surface area contributed by atoms with E-state index >= 15 is 0 Å². The fourth-order valence-corrected chi connectivity index (χ4v) is 8.49. The van der Waals surface area contributed by atoms with Crippen LogP contribution >= 0.6 is 15.9 Å². The third kappa shape index (κ3) is 11.7. The van der Waals surface area contributed by atoms with Crippen LogP contribution in [0, 0.1) is 0 Å². The molecule has 25 heteroatoms. The van der Waals surface area contributed by atoms with E-state index in [2.05, 4.69) is 38.5 Å². The van der Waals surface area contributed by atoms with Crippen LogP contribution in [0.25, 0.3) is 6.08 Å². The first-order valence-electron chi connectivity index (χ1n) is 21.7. The highest BCUT2D eigenvalue weighted by molar-refractivity contribution is 9.10. The molecule has 6 aliphatic rings. The number of imide groups is 6. The maximum atomic E-state index is 12.5. The van der Waals surface area contributed by atoms with Gasteiger partial charge in [-0.05, 0) is 85.4 Å². The molecule has 6 heterocycles. The number of carboxylic acids is 3. The van der Waals surface area contributed by atoms with Crippen LogP contribution in [0.1, 0.15) is 118 Å². The SMILES string of the molecule is C=CC(=O)O.O=C(O)/C=C/c1ccc2c(c1)C(=O)N(C1CCC(=O)NC1=O)C2=O.O=C(O)CCc1ccc2c(c1)C(=O)N(C1CCC(=O)NC1=O)C2=O.O=C1CCC(N2C(=O)c3ccc(Br)cc3C2=O)C(=O)N1. The number of carboxylic acid groups (broad SMARTS) is 3. The van der Waals surface area contributed by atoms with Gasteiger partial charge in [-0.3, -0.25) is 93.0 Å². The number of hydrogen-bond donors (Lipinski definition) is 6. The molecule has 0 radical (unpaired) electrons. The van der Waals surface area contributed by atoms with Gasteiger partial charge in [0.1, 0.15) is 18.1 Å². The van der Waals surface area contributed by atoms with Crippen molar-refractivity contribution >= 4 is 111 Å². The van der Waals surface area contributed by atoms with Crippen molar-refractivity contribution in [2.75, 3.05) is 0 Å². The molecular formula is C48H39BrN6O18. The van der Waals surface area contributed by atoms with E-state index in [9.17, 15) is 71.9 Å². The van der Waals surface area contributed by atoms with Crippen molar-refractivity contribution in [3.63, 3.8) is 0 Å². The summed E-state index contributed by atoms with van der Waals surface area (Å²) in [4.78, 5) is 177. The van der Waals surface area contributed by atoms with Gasteiger partial charge in [-0.2, -0.15) is 0 Å². The summed E-state index contributed by atoms with van der Waals surface area (Å²) in [5.41, 5.74) is 2.23. The standard InChI is InChI=1S/C16H14N2O6.C16H12N2O6.C13H9BrN2O4.C3H4O2/c2*19-12-5-4-11(14(22)17-12)18-15(23)9-3-1-8(2-6-13(20)21)7-10(9)16(18)24;14-6-1-2-7-8(5-6)13(20)16(12(7)19)9-3-4-10(17)15-11(9)18;1-2-3(4)5/h1,3,7,11H,2,4-6H2,(H,20,21)(H,17,19,22);1-3,6-7,11H,4-5H2,(H,20,21)(H,17,19,22);1-2,5,9H,3-4H2,(H,15,17,18);2H,1H2,(H,4,5)/b;6-2+;;. The number of carbonyl (C=O) groups is 15. The van der Waals surface area contributed by atoms with Crippen LogP contribution in [0.2, 0.25) is 0 Å². The number of piperidine rings is 3. The van der Waals surface area contributed by atoms with Crippen molar-refractivity contribution in [2.24, 2.45) is 0 Å². The van der Waals surface area contributed by atoms with Gasteiger partial charge in [-0.1, -0.05) is 34.6 Å². The number of rotatable bonds is 9. The van der Waals surface area contributed by atoms with E-state index in [1.165, 1.54) is 36.4 Å². The number of benzene rings is 3. The van der Waals surface area contributed by atoms with Crippen molar-refractivity contribution in [3.8, 4) is 0 Å². The predicted molar refractivity (Wildman–Crippen MR) is 248 cm³/mol. The number of fused-ring (bicyclic) bond motifs is 3. The van der Waals surface area contributed by atoms with Crippen LogP contribution in [-0.4, -0.2) is 137 Å². The minimum atomic E-state index is -1.14. The molecule has 3 fully saturated rings. The Morgan fingerprint density at radius 3 is 1.29 bits per heavy atom. The number of carbonyl (C=O) groups excluding carboxylic acids is 12. The van der Waals surface area contributed by atoms with Gasteiger partial charge in [0.05, 0.1) is 33.4 Å². The minimum absolute atomic E-state index is 0.0520. The molecule has 73 heavy (non-hydrogen) atoms. The average molecular weight is 1070 g/mol. The Morgan fingerprint density at radius 1 is 0.534 bits per heavy atom. The fraction of sp³-hybridized carbons (Fsp3) is 0.229. The minimum Gasteiger partial charge on any atom is -0.481 e. The maximum Gasteiger partial charge on any atom is 0.328 e. The molecule has 0 saturated carbocycles. The van der Waals surface area contributed by atoms with Gasteiger partial charge in [0.25, 0.3) is 35.4 Å². The van der Waals surface area contributed by atoms with Crippen LogP contribution in [0.4, 0.5) is 0 Å². The highest BCUT2D eigenvalue weighted by Crippen LogP contribution is 2.32. The summed E-state index contributed by atoms with van der Waals surface area (Å²) in [5.74, 6) is -9.65. The molecule has 3 atom stereocenters. The smallest absolute Gasteiger partial charge is 0.328 e. The lowest BCUT2D eigenvalue weighted by Gasteiger charge is -2.27. The monoisotopic (exact) mass is 1070 g/mol. The summed E-state index contributed by atoms with van der Waals surface area (Å²) < 4.78 is 0.683. The summed E-state index contributed by atoms with van der Waals surface area (Å²) in [6.07, 6.45) is 3.79. The number of nitrogens with one attached hydrogen (secondary N) is 3.